The molecular formula is C23H27N3OS. The van der Waals surface area contributed by atoms with Crippen molar-refractivity contribution in [2.24, 2.45) is 0 Å². The number of nitrogens with zero attached hydrogens (tertiary/aromatic N) is 3. The summed E-state index contributed by atoms with van der Waals surface area (Å²) in [6.07, 6.45) is 2.88. The second-order valence-corrected chi connectivity index (χ2v) is 8.64. The second-order valence-electron chi connectivity index (χ2n) is 7.70. The van der Waals surface area contributed by atoms with E-state index >= 15 is 0 Å². The fourth-order valence-corrected chi connectivity index (χ4v) is 4.65. The molecule has 1 amide bonds. The molecule has 0 N–H and O–H groups in total. The van der Waals surface area contributed by atoms with Crippen LogP contribution in [0.2, 0.25) is 0 Å². The average molecular weight is 394 g/mol. The van der Waals surface area contributed by atoms with Gasteiger partial charge in [0.1, 0.15) is 0 Å². The SMILES string of the molecule is Cc1cccc2cc(CN(C)CCN3CCCCC3=O)c(-c3cccs3)nc12. The van der Waals surface area contributed by atoms with Crippen molar-refractivity contribution in [3.05, 3.63) is 52.9 Å². The van der Waals surface area contributed by atoms with Crippen LogP contribution < -0.4 is 0 Å². The number of aryl methyl sites for hydroxylation is 1. The highest BCUT2D eigenvalue weighted by Gasteiger charge is 2.18. The third-order valence-corrected chi connectivity index (χ3v) is 6.37. The van der Waals surface area contributed by atoms with Crippen molar-refractivity contribution in [1.29, 1.82) is 0 Å². The van der Waals surface area contributed by atoms with Crippen LogP contribution in [0.3, 0.4) is 0 Å². The number of hydrogen-bond acceptors (Lipinski definition) is 4. The first-order valence-corrected chi connectivity index (χ1v) is 10.9. The van der Waals surface area contributed by atoms with Crippen molar-refractivity contribution in [3.8, 4) is 10.6 Å². The fourth-order valence-electron chi connectivity index (χ4n) is 3.90. The Hall–Kier alpha value is -2.24. The lowest BCUT2D eigenvalue weighted by Gasteiger charge is -2.29. The van der Waals surface area contributed by atoms with Gasteiger partial charge < -0.3 is 9.80 Å². The number of carbonyl (C=O) groups excluding carboxylic acids is 1. The number of aromatic nitrogens is 1. The van der Waals surface area contributed by atoms with Gasteiger partial charge in [-0.3, -0.25) is 4.79 Å². The van der Waals surface area contributed by atoms with Gasteiger partial charge in [-0.15, -0.1) is 11.3 Å². The topological polar surface area (TPSA) is 36.4 Å². The van der Waals surface area contributed by atoms with E-state index in [1.54, 1.807) is 11.3 Å². The van der Waals surface area contributed by atoms with Crippen molar-refractivity contribution in [3.63, 3.8) is 0 Å². The first-order valence-electron chi connectivity index (χ1n) is 10.0. The molecule has 1 aromatic carbocycles. The van der Waals surface area contributed by atoms with Gasteiger partial charge in [-0.05, 0) is 55.5 Å². The van der Waals surface area contributed by atoms with Crippen LogP contribution in [0, 0.1) is 6.92 Å². The Labute approximate surface area is 170 Å². The van der Waals surface area contributed by atoms with Gasteiger partial charge in [0.15, 0.2) is 0 Å². The summed E-state index contributed by atoms with van der Waals surface area (Å²) < 4.78 is 0. The lowest BCUT2D eigenvalue weighted by molar-refractivity contribution is -0.133. The Morgan fingerprint density at radius 3 is 2.89 bits per heavy atom. The Morgan fingerprint density at radius 2 is 2.11 bits per heavy atom. The molecule has 1 fully saturated rings. The average Bonchev–Trinajstić information content (AvgIpc) is 3.22. The monoisotopic (exact) mass is 393 g/mol. The van der Waals surface area contributed by atoms with E-state index < -0.39 is 0 Å². The molecular weight excluding hydrogens is 366 g/mol. The van der Waals surface area contributed by atoms with Gasteiger partial charge in [0.05, 0.1) is 16.1 Å². The highest BCUT2D eigenvalue weighted by molar-refractivity contribution is 7.13. The van der Waals surface area contributed by atoms with Gasteiger partial charge in [-0.1, -0.05) is 24.3 Å². The predicted molar refractivity (Wildman–Crippen MR) is 117 cm³/mol. The van der Waals surface area contributed by atoms with E-state index in [0.29, 0.717) is 12.3 Å². The molecule has 1 aliphatic heterocycles. The number of benzene rings is 1. The zero-order valence-electron chi connectivity index (χ0n) is 16.6. The summed E-state index contributed by atoms with van der Waals surface area (Å²) >= 11 is 1.73. The minimum Gasteiger partial charge on any atom is -0.341 e. The molecule has 3 aromatic rings. The number of hydrogen-bond donors (Lipinski definition) is 0. The van der Waals surface area contributed by atoms with E-state index in [9.17, 15) is 4.79 Å². The summed E-state index contributed by atoms with van der Waals surface area (Å²) in [6.45, 7) is 5.54. The molecule has 2 aromatic heterocycles. The molecule has 4 rings (SSSR count). The molecule has 3 heterocycles. The molecule has 5 heteroatoms. The highest BCUT2D eigenvalue weighted by Crippen LogP contribution is 2.30. The van der Waals surface area contributed by atoms with Crippen molar-refractivity contribution in [1.82, 2.24) is 14.8 Å². The Morgan fingerprint density at radius 1 is 1.21 bits per heavy atom. The van der Waals surface area contributed by atoms with E-state index in [-0.39, 0.29) is 0 Å². The maximum atomic E-state index is 12.1. The lowest BCUT2D eigenvalue weighted by Crippen LogP contribution is -2.40. The minimum atomic E-state index is 0.307. The number of likely N-dealkylation sites (tertiary alicyclic amines) is 1. The summed E-state index contributed by atoms with van der Waals surface area (Å²) in [5.41, 5.74) is 4.61. The van der Waals surface area contributed by atoms with Crippen LogP contribution in [0.1, 0.15) is 30.4 Å². The van der Waals surface area contributed by atoms with Crippen LogP contribution in [0.25, 0.3) is 21.5 Å². The van der Waals surface area contributed by atoms with Gasteiger partial charge in [-0.25, -0.2) is 4.98 Å². The molecule has 0 spiro atoms. The van der Waals surface area contributed by atoms with Gasteiger partial charge in [0, 0.05) is 38.0 Å². The molecule has 0 saturated carbocycles. The summed E-state index contributed by atoms with van der Waals surface area (Å²) in [4.78, 5) is 22.6. The smallest absolute Gasteiger partial charge is 0.222 e. The van der Waals surface area contributed by atoms with Gasteiger partial charge in [-0.2, -0.15) is 0 Å². The minimum absolute atomic E-state index is 0.307. The molecule has 1 saturated heterocycles. The fraction of sp³-hybridized carbons (Fsp3) is 0.391. The Kier molecular flexibility index (Phi) is 5.74. The first-order chi connectivity index (χ1) is 13.6. The van der Waals surface area contributed by atoms with E-state index in [0.717, 1.165) is 50.2 Å². The standard InChI is InChI=1S/C23H27N3OS/c1-17-7-5-8-18-15-19(23(24-22(17)18)20-9-6-14-28-20)16-25(2)12-13-26-11-4-3-10-21(26)27/h5-9,14-15H,3-4,10-13,16H2,1-2H3. The second kappa shape index (κ2) is 8.41. The van der Waals surface area contributed by atoms with Crippen molar-refractivity contribution in [2.45, 2.75) is 32.7 Å². The quantitative estimate of drug-likeness (QED) is 0.608. The molecule has 0 aliphatic carbocycles. The molecule has 0 radical (unpaired) electrons. The zero-order chi connectivity index (χ0) is 19.5. The Bertz CT molecular complexity index is 967. The van der Waals surface area contributed by atoms with Crippen LogP contribution in [0.4, 0.5) is 0 Å². The van der Waals surface area contributed by atoms with Crippen LogP contribution in [-0.4, -0.2) is 47.4 Å². The summed E-state index contributed by atoms with van der Waals surface area (Å²) in [5, 5.41) is 3.30. The number of carbonyl (C=O) groups is 1. The highest BCUT2D eigenvalue weighted by atomic mass is 32.1. The molecule has 0 bridgehead atoms. The van der Waals surface area contributed by atoms with Crippen molar-refractivity contribution >= 4 is 28.1 Å². The van der Waals surface area contributed by atoms with Crippen LogP contribution in [-0.2, 0) is 11.3 Å². The third kappa shape index (κ3) is 4.10. The van der Waals surface area contributed by atoms with Gasteiger partial charge in [0.2, 0.25) is 5.91 Å². The number of amides is 1. The molecule has 0 atom stereocenters. The summed E-state index contributed by atoms with van der Waals surface area (Å²) in [6, 6.07) is 12.9. The molecule has 1 aliphatic rings. The zero-order valence-corrected chi connectivity index (χ0v) is 17.5. The van der Waals surface area contributed by atoms with E-state index in [1.807, 2.05) is 4.90 Å². The summed E-state index contributed by atoms with van der Waals surface area (Å²) in [7, 11) is 2.13. The maximum Gasteiger partial charge on any atom is 0.222 e. The largest absolute Gasteiger partial charge is 0.341 e. The number of likely N-dealkylation sites (N-methyl/N-ethyl adjacent to an activating group) is 1. The van der Waals surface area contributed by atoms with Gasteiger partial charge >= 0.3 is 0 Å². The number of para-hydroxylation sites is 1. The first kappa shape index (κ1) is 19.1. The van der Waals surface area contributed by atoms with E-state index in [1.165, 1.54) is 21.4 Å². The number of pyridine rings is 1. The van der Waals surface area contributed by atoms with E-state index in [4.69, 9.17) is 4.98 Å². The third-order valence-electron chi connectivity index (χ3n) is 5.49. The Balaban J connectivity index is 1.56. The van der Waals surface area contributed by atoms with Gasteiger partial charge in [0.25, 0.3) is 0 Å². The predicted octanol–water partition coefficient (Wildman–Crippen LogP) is 4.72. The van der Waals surface area contributed by atoms with Crippen LogP contribution in [0.5, 0.6) is 0 Å². The lowest BCUT2D eigenvalue weighted by atomic mass is 10.0. The summed E-state index contributed by atoms with van der Waals surface area (Å²) in [5.74, 6) is 0.307. The van der Waals surface area contributed by atoms with Crippen LogP contribution in [0.15, 0.2) is 41.8 Å². The molecule has 146 valence electrons. The number of rotatable bonds is 6. The number of piperidine rings is 1. The van der Waals surface area contributed by atoms with Crippen molar-refractivity contribution in [2.75, 3.05) is 26.7 Å². The molecule has 0 unspecified atom stereocenters. The van der Waals surface area contributed by atoms with E-state index in [2.05, 4.69) is 60.6 Å². The molecule has 4 nitrogen and oxygen atoms in total. The number of fused-ring (bicyclic) bond motifs is 1. The number of thiophene rings is 1. The van der Waals surface area contributed by atoms with Crippen LogP contribution >= 0.6 is 11.3 Å². The molecule has 28 heavy (non-hydrogen) atoms. The van der Waals surface area contributed by atoms with Crippen molar-refractivity contribution < 1.29 is 4.79 Å². The maximum absolute atomic E-state index is 12.1. The normalized spacial score (nSPS) is 15.0.